The highest BCUT2D eigenvalue weighted by molar-refractivity contribution is 7.97. The number of hydrogen-bond acceptors (Lipinski definition) is 2. The Morgan fingerprint density at radius 1 is 1.33 bits per heavy atom. The van der Waals surface area contributed by atoms with Crippen LogP contribution < -0.4 is 4.57 Å². The van der Waals surface area contributed by atoms with Crippen molar-refractivity contribution in [3.8, 4) is 0 Å². The number of carbonyl (C=O) groups is 1. The van der Waals surface area contributed by atoms with Gasteiger partial charge in [-0.15, -0.1) is 12.6 Å². The molecule has 0 atom stereocenters. The smallest absolute Gasteiger partial charge is 0.216 e. The fraction of sp³-hybridized carbons (Fsp3) is 0.364. The first-order valence-corrected chi connectivity index (χ1v) is 8.79. The Bertz CT molecular complexity index is 373. The molecule has 1 aromatic rings. The lowest BCUT2D eigenvalue weighted by Gasteiger charge is -2.32. The summed E-state index contributed by atoms with van der Waals surface area (Å²) in [7, 11) is 0.716. The minimum atomic E-state index is -1.36. The van der Waals surface area contributed by atoms with Crippen molar-refractivity contribution in [1.82, 2.24) is 0 Å². The first-order chi connectivity index (χ1) is 6.82. The molecular formula is C11H17NOSSi. The van der Waals surface area contributed by atoms with Gasteiger partial charge in [-0.3, -0.25) is 4.79 Å². The summed E-state index contributed by atoms with van der Waals surface area (Å²) in [5.74, 6) is 0. The second-order valence-electron chi connectivity index (χ2n) is 4.59. The zero-order chi connectivity index (χ0) is 11.6. The van der Waals surface area contributed by atoms with Crippen molar-refractivity contribution in [1.29, 1.82) is 0 Å². The Morgan fingerprint density at radius 2 is 1.93 bits per heavy atom. The van der Waals surface area contributed by atoms with Gasteiger partial charge in [0.2, 0.25) is 5.12 Å². The number of hydrogen-bond donors (Lipinski definition) is 1. The highest BCUT2D eigenvalue weighted by Gasteiger charge is 2.20. The molecule has 0 aromatic heterocycles. The summed E-state index contributed by atoms with van der Waals surface area (Å²) < 4.78 is 2.27. The molecule has 0 saturated heterocycles. The van der Waals surface area contributed by atoms with E-state index >= 15 is 0 Å². The SMILES string of the molecule is CN(c1cccc(C(=O)S)c1)[Si](C)(C)C. The van der Waals surface area contributed by atoms with Crippen LogP contribution in [-0.4, -0.2) is 20.4 Å². The lowest BCUT2D eigenvalue weighted by atomic mass is 10.2. The fourth-order valence-corrected chi connectivity index (χ4v) is 2.29. The number of thiol groups is 1. The normalized spacial score (nSPS) is 11.3. The predicted octanol–water partition coefficient (Wildman–Crippen LogP) is 3.03. The van der Waals surface area contributed by atoms with E-state index in [4.69, 9.17) is 0 Å². The molecule has 0 spiro atoms. The van der Waals surface area contributed by atoms with Gasteiger partial charge >= 0.3 is 0 Å². The molecule has 4 heteroatoms. The topological polar surface area (TPSA) is 20.3 Å². The third-order valence-electron chi connectivity index (χ3n) is 2.49. The van der Waals surface area contributed by atoms with Crippen LogP contribution in [0.15, 0.2) is 24.3 Å². The summed E-state index contributed by atoms with van der Waals surface area (Å²) in [6.45, 7) is 6.80. The molecule has 0 aliphatic heterocycles. The van der Waals surface area contributed by atoms with Gasteiger partial charge in [0.25, 0.3) is 0 Å². The Kier molecular flexibility index (Phi) is 3.62. The Hall–Kier alpha value is -0.743. The van der Waals surface area contributed by atoms with E-state index in [0.29, 0.717) is 5.56 Å². The van der Waals surface area contributed by atoms with Gasteiger partial charge in [0.15, 0.2) is 0 Å². The van der Waals surface area contributed by atoms with E-state index in [-0.39, 0.29) is 5.12 Å². The standard InChI is InChI=1S/C11H17NOSSi/c1-12(15(2,3)4)10-7-5-6-9(8-10)11(13)14/h5-8H,1-4H3,(H,13,14). The summed E-state index contributed by atoms with van der Waals surface area (Å²) in [5, 5.41) is -0.180. The van der Waals surface area contributed by atoms with Gasteiger partial charge < -0.3 is 4.57 Å². The van der Waals surface area contributed by atoms with Gasteiger partial charge in [-0.25, -0.2) is 0 Å². The van der Waals surface area contributed by atoms with E-state index in [2.05, 4.69) is 43.9 Å². The number of rotatable bonds is 3. The zero-order valence-electron chi connectivity index (χ0n) is 9.61. The predicted molar refractivity (Wildman–Crippen MR) is 71.5 cm³/mol. The number of benzene rings is 1. The number of anilines is 1. The number of carbonyl (C=O) groups excluding carboxylic acids is 1. The van der Waals surface area contributed by atoms with Crippen LogP contribution in [0.3, 0.4) is 0 Å². The molecular weight excluding hydrogens is 222 g/mol. The van der Waals surface area contributed by atoms with Crippen LogP contribution in [0.2, 0.25) is 19.6 Å². The molecule has 0 radical (unpaired) electrons. The summed E-state index contributed by atoms with van der Waals surface area (Å²) >= 11 is 3.83. The summed E-state index contributed by atoms with van der Waals surface area (Å²) in [6.07, 6.45) is 0. The zero-order valence-corrected chi connectivity index (χ0v) is 11.5. The van der Waals surface area contributed by atoms with Gasteiger partial charge in [0, 0.05) is 11.3 Å². The highest BCUT2D eigenvalue weighted by Crippen LogP contribution is 2.21. The Morgan fingerprint density at radius 3 is 2.40 bits per heavy atom. The largest absolute Gasteiger partial charge is 0.401 e. The Balaban J connectivity index is 3.06. The van der Waals surface area contributed by atoms with Crippen LogP contribution in [0.25, 0.3) is 0 Å². The van der Waals surface area contributed by atoms with E-state index in [0.717, 1.165) is 5.69 Å². The third kappa shape index (κ3) is 3.11. The lowest BCUT2D eigenvalue weighted by Crippen LogP contribution is -2.43. The molecule has 0 fully saturated rings. The molecule has 15 heavy (non-hydrogen) atoms. The van der Waals surface area contributed by atoms with Crippen molar-refractivity contribution < 1.29 is 4.79 Å². The lowest BCUT2D eigenvalue weighted by molar-refractivity contribution is 0.109. The summed E-state index contributed by atoms with van der Waals surface area (Å²) in [5.41, 5.74) is 1.75. The molecule has 0 unspecified atom stereocenters. The van der Waals surface area contributed by atoms with E-state index in [1.807, 2.05) is 18.2 Å². The average Bonchev–Trinajstić information content (AvgIpc) is 2.15. The quantitative estimate of drug-likeness (QED) is 0.646. The molecule has 82 valence electrons. The second kappa shape index (κ2) is 4.41. The van der Waals surface area contributed by atoms with E-state index in [9.17, 15) is 4.79 Å². The maximum atomic E-state index is 11.1. The molecule has 0 heterocycles. The molecule has 0 saturated carbocycles. The van der Waals surface area contributed by atoms with Crippen molar-refractivity contribution in [2.45, 2.75) is 19.6 Å². The van der Waals surface area contributed by atoms with E-state index in [1.165, 1.54) is 0 Å². The van der Waals surface area contributed by atoms with E-state index < -0.39 is 8.24 Å². The summed E-state index contributed by atoms with van der Waals surface area (Å²) in [6, 6.07) is 7.61. The maximum absolute atomic E-state index is 11.1. The number of nitrogens with zero attached hydrogens (tertiary/aromatic N) is 1. The maximum Gasteiger partial charge on any atom is 0.216 e. The van der Waals surface area contributed by atoms with Gasteiger partial charge in [0.05, 0.1) is 0 Å². The Labute approximate surface area is 97.8 Å². The van der Waals surface area contributed by atoms with E-state index in [1.54, 1.807) is 6.07 Å². The molecule has 0 aliphatic carbocycles. The molecule has 0 N–H and O–H groups in total. The van der Waals surface area contributed by atoms with Crippen LogP contribution in [0.4, 0.5) is 5.69 Å². The van der Waals surface area contributed by atoms with Crippen LogP contribution in [-0.2, 0) is 0 Å². The average molecular weight is 239 g/mol. The van der Waals surface area contributed by atoms with Gasteiger partial charge in [-0.1, -0.05) is 31.8 Å². The molecule has 0 aliphatic rings. The molecule has 0 amide bonds. The van der Waals surface area contributed by atoms with Crippen molar-refractivity contribution in [2.75, 3.05) is 11.6 Å². The van der Waals surface area contributed by atoms with Crippen molar-refractivity contribution >= 4 is 31.7 Å². The first kappa shape index (κ1) is 12.3. The van der Waals surface area contributed by atoms with Crippen LogP contribution >= 0.6 is 12.6 Å². The van der Waals surface area contributed by atoms with Gasteiger partial charge in [-0.2, -0.15) is 0 Å². The van der Waals surface area contributed by atoms with Gasteiger partial charge in [0.1, 0.15) is 8.24 Å². The van der Waals surface area contributed by atoms with Crippen LogP contribution in [0.5, 0.6) is 0 Å². The van der Waals surface area contributed by atoms with Crippen LogP contribution in [0.1, 0.15) is 10.4 Å². The minimum Gasteiger partial charge on any atom is -0.401 e. The summed E-state index contributed by atoms with van der Waals surface area (Å²) in [4.78, 5) is 11.1. The van der Waals surface area contributed by atoms with Crippen molar-refractivity contribution in [3.63, 3.8) is 0 Å². The van der Waals surface area contributed by atoms with Gasteiger partial charge in [-0.05, 0) is 19.2 Å². The molecule has 2 nitrogen and oxygen atoms in total. The van der Waals surface area contributed by atoms with Crippen LogP contribution in [0, 0.1) is 0 Å². The minimum absolute atomic E-state index is 0.180. The van der Waals surface area contributed by atoms with Crippen molar-refractivity contribution in [3.05, 3.63) is 29.8 Å². The fourth-order valence-electron chi connectivity index (χ4n) is 1.23. The second-order valence-corrected chi connectivity index (χ2v) is 10.0. The highest BCUT2D eigenvalue weighted by atomic mass is 32.1. The monoisotopic (exact) mass is 239 g/mol. The van der Waals surface area contributed by atoms with Crippen molar-refractivity contribution in [2.24, 2.45) is 0 Å². The first-order valence-electron chi connectivity index (χ1n) is 4.89. The molecule has 0 bridgehead atoms. The molecule has 1 aromatic carbocycles. The molecule has 1 rings (SSSR count). The third-order valence-corrected chi connectivity index (χ3v) is 5.02.